The number of carbonyl (C=O) groups is 1. The van der Waals surface area contributed by atoms with Crippen LogP contribution in [0.3, 0.4) is 0 Å². The van der Waals surface area contributed by atoms with E-state index in [-0.39, 0.29) is 5.91 Å². The minimum Gasteiger partial charge on any atom is -0.369 e. The summed E-state index contributed by atoms with van der Waals surface area (Å²) in [5, 5.41) is 0. The fraction of sp³-hybridized carbons (Fsp3) is 0.500. The van der Waals surface area contributed by atoms with Crippen molar-refractivity contribution in [2.24, 2.45) is 0 Å². The van der Waals surface area contributed by atoms with Crippen LogP contribution in [-0.4, -0.2) is 53.7 Å². The lowest BCUT2D eigenvalue weighted by atomic mass is 9.97. The molecule has 0 unspecified atom stereocenters. The number of fused-ring (bicyclic) bond motifs is 1. The highest BCUT2D eigenvalue weighted by molar-refractivity contribution is 14.1. The first-order chi connectivity index (χ1) is 9.16. The molecule has 2 aliphatic heterocycles. The standard InChI is InChI=1S/C14H18IN3O/c1-16-7-9-17(10-8-16)13-4-2-3-12-11(13)5-6-18(15)14(12)19/h2-4H,5-10H2,1H3. The summed E-state index contributed by atoms with van der Waals surface area (Å²) < 4.78 is 1.79. The van der Waals surface area contributed by atoms with Crippen LogP contribution in [0.5, 0.6) is 0 Å². The maximum atomic E-state index is 12.2. The Morgan fingerprint density at radius 2 is 1.84 bits per heavy atom. The molecule has 0 spiro atoms. The van der Waals surface area contributed by atoms with Crippen LogP contribution in [-0.2, 0) is 6.42 Å². The van der Waals surface area contributed by atoms with E-state index in [1.807, 2.05) is 12.1 Å². The molecule has 0 bridgehead atoms. The number of likely N-dealkylation sites (N-methyl/N-ethyl adjacent to an activating group) is 1. The van der Waals surface area contributed by atoms with Crippen molar-refractivity contribution in [3.05, 3.63) is 29.3 Å². The lowest BCUT2D eigenvalue weighted by molar-refractivity contribution is 0.0878. The molecule has 2 heterocycles. The molecule has 0 aromatic heterocycles. The van der Waals surface area contributed by atoms with Crippen LogP contribution in [0, 0.1) is 0 Å². The second kappa shape index (κ2) is 5.28. The largest absolute Gasteiger partial charge is 0.369 e. The molecule has 0 N–H and O–H groups in total. The van der Waals surface area contributed by atoms with Gasteiger partial charge in [0.15, 0.2) is 0 Å². The van der Waals surface area contributed by atoms with Crippen LogP contribution in [0.2, 0.25) is 0 Å². The van der Waals surface area contributed by atoms with E-state index in [1.54, 1.807) is 3.11 Å². The molecule has 1 amide bonds. The highest BCUT2D eigenvalue weighted by Crippen LogP contribution is 2.30. The van der Waals surface area contributed by atoms with Gasteiger partial charge in [0.2, 0.25) is 0 Å². The molecule has 4 nitrogen and oxygen atoms in total. The van der Waals surface area contributed by atoms with Gasteiger partial charge in [-0.25, -0.2) is 0 Å². The fourth-order valence-corrected chi connectivity index (χ4v) is 3.32. The van der Waals surface area contributed by atoms with Crippen molar-refractivity contribution in [3.63, 3.8) is 0 Å². The number of amides is 1. The number of rotatable bonds is 1. The monoisotopic (exact) mass is 371 g/mol. The molecule has 5 heteroatoms. The molecule has 0 atom stereocenters. The van der Waals surface area contributed by atoms with Gasteiger partial charge in [0.05, 0.1) is 22.9 Å². The maximum absolute atomic E-state index is 12.2. The Kier molecular flexibility index (Phi) is 3.66. The van der Waals surface area contributed by atoms with Crippen LogP contribution in [0.25, 0.3) is 0 Å². The number of carbonyl (C=O) groups excluding carboxylic acids is 1. The van der Waals surface area contributed by atoms with Gasteiger partial charge >= 0.3 is 0 Å². The molecule has 1 aromatic carbocycles. The Balaban J connectivity index is 1.93. The molecule has 0 radical (unpaired) electrons. The van der Waals surface area contributed by atoms with Crippen molar-refractivity contribution in [1.29, 1.82) is 0 Å². The average Bonchev–Trinajstić information content (AvgIpc) is 2.43. The zero-order chi connectivity index (χ0) is 13.4. The Bertz CT molecular complexity index is 497. The minimum atomic E-state index is 0.151. The van der Waals surface area contributed by atoms with Gasteiger partial charge in [0.25, 0.3) is 5.91 Å². The molecule has 102 valence electrons. The van der Waals surface area contributed by atoms with E-state index in [4.69, 9.17) is 0 Å². The first kappa shape index (κ1) is 13.2. The highest BCUT2D eigenvalue weighted by atomic mass is 127. The quantitative estimate of drug-likeness (QED) is 0.556. The summed E-state index contributed by atoms with van der Waals surface area (Å²) in [5.74, 6) is 0.151. The van der Waals surface area contributed by atoms with Crippen molar-refractivity contribution in [1.82, 2.24) is 8.01 Å². The number of halogens is 1. The number of hydrogen-bond acceptors (Lipinski definition) is 3. The Morgan fingerprint density at radius 3 is 2.58 bits per heavy atom. The summed E-state index contributed by atoms with van der Waals surface area (Å²) >= 11 is 2.11. The van der Waals surface area contributed by atoms with Crippen molar-refractivity contribution in [3.8, 4) is 0 Å². The predicted molar refractivity (Wildman–Crippen MR) is 84.9 cm³/mol. The number of hydrogen-bond donors (Lipinski definition) is 0. The van der Waals surface area contributed by atoms with Crippen LogP contribution in [0.1, 0.15) is 15.9 Å². The Labute approximate surface area is 127 Å². The zero-order valence-corrected chi connectivity index (χ0v) is 13.3. The van der Waals surface area contributed by atoms with E-state index in [2.05, 4.69) is 45.8 Å². The summed E-state index contributed by atoms with van der Waals surface area (Å²) in [7, 11) is 2.16. The first-order valence-corrected chi connectivity index (χ1v) is 7.66. The van der Waals surface area contributed by atoms with Gasteiger partial charge in [-0.05, 0) is 31.2 Å². The van der Waals surface area contributed by atoms with Crippen molar-refractivity contribution < 1.29 is 4.79 Å². The summed E-state index contributed by atoms with van der Waals surface area (Å²) in [6.45, 7) is 5.10. The predicted octanol–water partition coefficient (Wildman–Crippen LogP) is 1.79. The first-order valence-electron chi connectivity index (χ1n) is 6.70. The topological polar surface area (TPSA) is 26.8 Å². The molecule has 19 heavy (non-hydrogen) atoms. The normalized spacial score (nSPS) is 20.6. The van der Waals surface area contributed by atoms with Gasteiger partial charge in [0.1, 0.15) is 0 Å². The van der Waals surface area contributed by atoms with E-state index in [9.17, 15) is 4.79 Å². The number of anilines is 1. The van der Waals surface area contributed by atoms with Gasteiger partial charge in [-0.3, -0.25) is 7.91 Å². The van der Waals surface area contributed by atoms with Crippen LogP contribution >= 0.6 is 22.9 Å². The minimum absolute atomic E-state index is 0.151. The molecule has 0 saturated carbocycles. The van der Waals surface area contributed by atoms with Crippen molar-refractivity contribution in [2.45, 2.75) is 6.42 Å². The van der Waals surface area contributed by atoms with Gasteiger partial charge in [0, 0.05) is 44.0 Å². The third kappa shape index (κ3) is 2.45. The van der Waals surface area contributed by atoms with Crippen LogP contribution in [0.15, 0.2) is 18.2 Å². The van der Waals surface area contributed by atoms with Gasteiger partial charge in [-0.15, -0.1) is 0 Å². The maximum Gasteiger partial charge on any atom is 0.262 e. The van der Waals surface area contributed by atoms with Gasteiger partial charge in [-0.2, -0.15) is 0 Å². The molecule has 2 aliphatic rings. The lowest BCUT2D eigenvalue weighted by Gasteiger charge is -2.36. The SMILES string of the molecule is CN1CCN(c2cccc3c2CCN(I)C3=O)CC1. The third-order valence-electron chi connectivity index (χ3n) is 4.00. The summed E-state index contributed by atoms with van der Waals surface area (Å²) in [5.41, 5.74) is 3.39. The highest BCUT2D eigenvalue weighted by Gasteiger charge is 2.26. The average molecular weight is 371 g/mol. The molecule has 0 aliphatic carbocycles. The number of benzene rings is 1. The van der Waals surface area contributed by atoms with E-state index in [1.165, 1.54) is 11.3 Å². The van der Waals surface area contributed by atoms with Crippen molar-refractivity contribution in [2.75, 3.05) is 44.7 Å². The molecular weight excluding hydrogens is 353 g/mol. The van der Waals surface area contributed by atoms with E-state index in [0.717, 1.165) is 44.7 Å². The summed E-state index contributed by atoms with van der Waals surface area (Å²) in [6, 6.07) is 6.14. The van der Waals surface area contributed by atoms with Crippen molar-refractivity contribution >= 4 is 34.5 Å². The Morgan fingerprint density at radius 1 is 1.11 bits per heavy atom. The Hall–Kier alpha value is -0.820. The third-order valence-corrected chi connectivity index (χ3v) is 4.92. The molecular formula is C14H18IN3O. The molecule has 1 saturated heterocycles. The number of nitrogens with zero attached hydrogens (tertiary/aromatic N) is 3. The van der Waals surface area contributed by atoms with Gasteiger partial charge in [-0.1, -0.05) is 6.07 Å². The van der Waals surface area contributed by atoms with Crippen LogP contribution in [0.4, 0.5) is 5.69 Å². The fourth-order valence-electron chi connectivity index (χ4n) is 2.82. The second-order valence-electron chi connectivity index (χ2n) is 5.23. The van der Waals surface area contributed by atoms with Gasteiger partial charge < -0.3 is 9.80 Å². The smallest absolute Gasteiger partial charge is 0.262 e. The van der Waals surface area contributed by atoms with E-state index < -0.39 is 0 Å². The second-order valence-corrected chi connectivity index (χ2v) is 6.40. The molecule has 1 fully saturated rings. The zero-order valence-electron chi connectivity index (χ0n) is 11.1. The molecule has 1 aromatic rings. The van der Waals surface area contributed by atoms with E-state index in [0.29, 0.717) is 0 Å². The summed E-state index contributed by atoms with van der Waals surface area (Å²) in [4.78, 5) is 17.0. The van der Waals surface area contributed by atoms with Crippen LogP contribution < -0.4 is 4.90 Å². The molecule has 3 rings (SSSR count). The summed E-state index contributed by atoms with van der Waals surface area (Å²) in [6.07, 6.45) is 0.965. The number of piperazine rings is 1. The lowest BCUT2D eigenvalue weighted by Crippen LogP contribution is -2.45. The van der Waals surface area contributed by atoms with E-state index >= 15 is 0 Å².